The molecule has 1 aromatic carbocycles. The SMILES string of the molecule is COC(=O)C[C@H](NC(=O)[C@H]1C[C@H]1C)c1ccccc1Cl. The summed E-state index contributed by atoms with van der Waals surface area (Å²) in [4.78, 5) is 23.6. The molecule has 1 aliphatic carbocycles. The molecule has 0 aromatic heterocycles. The third-order valence-electron chi connectivity index (χ3n) is 3.64. The maximum Gasteiger partial charge on any atom is 0.307 e. The molecule has 0 saturated heterocycles. The Morgan fingerprint density at radius 3 is 2.65 bits per heavy atom. The fraction of sp³-hybridized carbons (Fsp3) is 0.467. The van der Waals surface area contributed by atoms with Crippen molar-refractivity contribution in [2.45, 2.75) is 25.8 Å². The third-order valence-corrected chi connectivity index (χ3v) is 3.99. The Balaban J connectivity index is 2.14. The minimum absolute atomic E-state index is 0.0219. The van der Waals surface area contributed by atoms with Crippen molar-refractivity contribution < 1.29 is 14.3 Å². The zero-order valence-electron chi connectivity index (χ0n) is 11.6. The fourth-order valence-electron chi connectivity index (χ4n) is 2.21. The van der Waals surface area contributed by atoms with Crippen LogP contribution in [0.15, 0.2) is 24.3 Å². The van der Waals surface area contributed by atoms with Crippen LogP contribution in [-0.4, -0.2) is 19.0 Å². The van der Waals surface area contributed by atoms with E-state index in [1.807, 2.05) is 25.1 Å². The average Bonchev–Trinajstić information content (AvgIpc) is 3.15. The Kier molecular flexibility index (Phi) is 4.65. The zero-order valence-corrected chi connectivity index (χ0v) is 12.3. The van der Waals surface area contributed by atoms with Gasteiger partial charge < -0.3 is 10.1 Å². The highest BCUT2D eigenvalue weighted by Gasteiger charge is 2.40. The first kappa shape index (κ1) is 14.9. The number of hydrogen-bond acceptors (Lipinski definition) is 3. The van der Waals surface area contributed by atoms with Gasteiger partial charge in [0, 0.05) is 10.9 Å². The van der Waals surface area contributed by atoms with Crippen molar-refractivity contribution in [3.63, 3.8) is 0 Å². The monoisotopic (exact) mass is 295 g/mol. The van der Waals surface area contributed by atoms with E-state index in [-0.39, 0.29) is 24.2 Å². The van der Waals surface area contributed by atoms with E-state index in [4.69, 9.17) is 11.6 Å². The van der Waals surface area contributed by atoms with Crippen LogP contribution in [0.5, 0.6) is 0 Å². The zero-order chi connectivity index (χ0) is 14.7. The normalized spacial score (nSPS) is 21.9. The van der Waals surface area contributed by atoms with Gasteiger partial charge in [-0.2, -0.15) is 0 Å². The second-order valence-corrected chi connectivity index (χ2v) is 5.59. The van der Waals surface area contributed by atoms with Gasteiger partial charge >= 0.3 is 5.97 Å². The van der Waals surface area contributed by atoms with Gasteiger partial charge in [0.15, 0.2) is 0 Å². The second-order valence-electron chi connectivity index (χ2n) is 5.18. The molecule has 108 valence electrons. The van der Waals surface area contributed by atoms with Crippen molar-refractivity contribution in [3.8, 4) is 0 Å². The Hall–Kier alpha value is -1.55. The van der Waals surface area contributed by atoms with Crippen molar-refractivity contribution in [1.82, 2.24) is 5.32 Å². The molecular weight excluding hydrogens is 278 g/mol. The van der Waals surface area contributed by atoms with E-state index < -0.39 is 6.04 Å². The summed E-state index contributed by atoms with van der Waals surface area (Å²) in [6, 6.07) is 6.75. The third kappa shape index (κ3) is 3.51. The van der Waals surface area contributed by atoms with Crippen LogP contribution in [0.3, 0.4) is 0 Å². The summed E-state index contributed by atoms with van der Waals surface area (Å²) in [5.74, 6) is 0.0723. The Morgan fingerprint density at radius 1 is 1.45 bits per heavy atom. The van der Waals surface area contributed by atoms with E-state index >= 15 is 0 Å². The Morgan fingerprint density at radius 2 is 2.10 bits per heavy atom. The number of esters is 1. The molecule has 4 nitrogen and oxygen atoms in total. The van der Waals surface area contributed by atoms with Crippen LogP contribution in [0, 0.1) is 11.8 Å². The summed E-state index contributed by atoms with van der Waals surface area (Å²) in [6.07, 6.45) is 0.979. The van der Waals surface area contributed by atoms with Gasteiger partial charge in [-0.25, -0.2) is 0 Å². The first-order valence-corrected chi connectivity index (χ1v) is 7.02. The molecule has 0 radical (unpaired) electrons. The molecule has 1 aromatic rings. The van der Waals surface area contributed by atoms with E-state index in [9.17, 15) is 9.59 Å². The highest BCUT2D eigenvalue weighted by Crippen LogP contribution is 2.38. The summed E-state index contributed by atoms with van der Waals surface area (Å²) in [5.41, 5.74) is 0.737. The van der Waals surface area contributed by atoms with Gasteiger partial charge in [-0.15, -0.1) is 0 Å². The maximum absolute atomic E-state index is 12.1. The van der Waals surface area contributed by atoms with Gasteiger partial charge in [-0.3, -0.25) is 9.59 Å². The predicted octanol–water partition coefficient (Wildman–Crippen LogP) is 2.72. The van der Waals surface area contributed by atoms with E-state index in [1.165, 1.54) is 7.11 Å². The number of benzene rings is 1. The van der Waals surface area contributed by atoms with E-state index in [0.717, 1.165) is 12.0 Å². The van der Waals surface area contributed by atoms with Crippen molar-refractivity contribution in [1.29, 1.82) is 0 Å². The number of amides is 1. The van der Waals surface area contributed by atoms with Gasteiger partial charge in [-0.1, -0.05) is 36.7 Å². The summed E-state index contributed by atoms with van der Waals surface area (Å²) in [5, 5.41) is 3.44. The van der Waals surface area contributed by atoms with Crippen molar-refractivity contribution in [2.75, 3.05) is 7.11 Å². The molecule has 3 atom stereocenters. The van der Waals surface area contributed by atoms with E-state index in [2.05, 4.69) is 10.1 Å². The number of halogens is 1. The van der Waals surface area contributed by atoms with Crippen molar-refractivity contribution >= 4 is 23.5 Å². The van der Waals surface area contributed by atoms with Crippen LogP contribution in [0.25, 0.3) is 0 Å². The Labute approximate surface area is 123 Å². The lowest BCUT2D eigenvalue weighted by molar-refractivity contribution is -0.141. The summed E-state index contributed by atoms with van der Waals surface area (Å²) in [7, 11) is 1.33. The molecule has 0 spiro atoms. The fourth-order valence-corrected chi connectivity index (χ4v) is 2.48. The summed E-state index contributed by atoms with van der Waals surface area (Å²) in [6.45, 7) is 2.04. The molecule has 1 amide bonds. The van der Waals surface area contributed by atoms with E-state index in [1.54, 1.807) is 6.07 Å². The van der Waals surface area contributed by atoms with Crippen molar-refractivity contribution in [3.05, 3.63) is 34.9 Å². The number of carbonyl (C=O) groups is 2. The first-order chi connectivity index (χ1) is 9.52. The molecule has 1 fully saturated rings. The van der Waals surface area contributed by atoms with Crippen LogP contribution >= 0.6 is 11.6 Å². The molecule has 1 aliphatic rings. The van der Waals surface area contributed by atoms with Gasteiger partial charge in [0.2, 0.25) is 5.91 Å². The largest absolute Gasteiger partial charge is 0.469 e. The number of rotatable bonds is 5. The standard InChI is InChI=1S/C15H18ClNO3/c1-9-7-11(9)15(19)17-13(8-14(18)20-2)10-5-3-4-6-12(10)16/h3-6,9,11,13H,7-8H2,1-2H3,(H,17,19)/t9-,11+,13+/m1/s1. The topological polar surface area (TPSA) is 55.4 Å². The van der Waals surface area contributed by atoms with Gasteiger partial charge in [-0.05, 0) is 24.0 Å². The molecule has 0 heterocycles. The number of carbonyl (C=O) groups excluding carboxylic acids is 2. The van der Waals surface area contributed by atoms with Crippen LogP contribution in [-0.2, 0) is 14.3 Å². The lowest BCUT2D eigenvalue weighted by Crippen LogP contribution is -2.32. The lowest BCUT2D eigenvalue weighted by Gasteiger charge is -2.19. The summed E-state index contributed by atoms with van der Waals surface area (Å²) >= 11 is 6.15. The van der Waals surface area contributed by atoms with Crippen LogP contribution < -0.4 is 5.32 Å². The van der Waals surface area contributed by atoms with E-state index in [0.29, 0.717) is 10.9 Å². The molecule has 0 aliphatic heterocycles. The van der Waals surface area contributed by atoms with Crippen LogP contribution in [0.4, 0.5) is 0 Å². The lowest BCUT2D eigenvalue weighted by atomic mass is 10.0. The number of hydrogen-bond donors (Lipinski definition) is 1. The molecular formula is C15H18ClNO3. The quantitative estimate of drug-likeness (QED) is 0.850. The molecule has 20 heavy (non-hydrogen) atoms. The smallest absolute Gasteiger partial charge is 0.307 e. The van der Waals surface area contributed by atoms with Crippen molar-refractivity contribution in [2.24, 2.45) is 11.8 Å². The number of ether oxygens (including phenoxy) is 1. The Bertz CT molecular complexity index is 518. The number of methoxy groups -OCH3 is 1. The van der Waals surface area contributed by atoms with Gasteiger partial charge in [0.25, 0.3) is 0 Å². The molecule has 1 N–H and O–H groups in total. The average molecular weight is 296 g/mol. The highest BCUT2D eigenvalue weighted by molar-refractivity contribution is 6.31. The minimum atomic E-state index is -0.448. The van der Waals surface area contributed by atoms with Gasteiger partial charge in [0.05, 0.1) is 19.6 Å². The highest BCUT2D eigenvalue weighted by atomic mass is 35.5. The van der Waals surface area contributed by atoms with Crippen LogP contribution in [0.1, 0.15) is 31.4 Å². The van der Waals surface area contributed by atoms with Gasteiger partial charge in [0.1, 0.15) is 0 Å². The summed E-state index contributed by atoms with van der Waals surface area (Å²) < 4.78 is 4.69. The first-order valence-electron chi connectivity index (χ1n) is 6.64. The molecule has 0 unspecified atom stereocenters. The molecule has 1 saturated carbocycles. The minimum Gasteiger partial charge on any atom is -0.469 e. The molecule has 0 bridgehead atoms. The van der Waals surface area contributed by atoms with Crippen LogP contribution in [0.2, 0.25) is 5.02 Å². The number of nitrogens with one attached hydrogen (secondary N) is 1. The maximum atomic E-state index is 12.1. The molecule has 2 rings (SSSR count). The molecule has 5 heteroatoms. The second kappa shape index (κ2) is 6.27. The predicted molar refractivity (Wildman–Crippen MR) is 76.2 cm³/mol.